The summed E-state index contributed by atoms with van der Waals surface area (Å²) in [6.45, 7) is 1.73. The predicted octanol–water partition coefficient (Wildman–Crippen LogP) is 0.332. The number of carboxylic acids is 1. The Labute approximate surface area is 104 Å². The van der Waals surface area contributed by atoms with Gasteiger partial charge in [-0.25, -0.2) is 4.79 Å². The predicted molar refractivity (Wildman–Crippen MR) is 64.2 cm³/mol. The number of rotatable bonds is 5. The Morgan fingerprint density at radius 2 is 1.78 bits per heavy atom. The van der Waals surface area contributed by atoms with Gasteiger partial charge < -0.3 is 15.7 Å². The number of nitrogens with zero attached hydrogens (tertiary/aromatic N) is 1. The number of aromatic carboxylic acids is 1. The molecule has 6 heteroatoms. The van der Waals surface area contributed by atoms with E-state index in [1.165, 1.54) is 23.1 Å². The highest BCUT2D eigenvalue weighted by atomic mass is 16.4. The topological polar surface area (TPSA) is 101 Å². The first-order valence-electron chi connectivity index (χ1n) is 5.37. The molecule has 0 unspecified atom stereocenters. The molecule has 3 N–H and O–H groups in total. The van der Waals surface area contributed by atoms with Crippen LogP contribution in [0.4, 0.5) is 0 Å². The second-order valence-corrected chi connectivity index (χ2v) is 3.64. The van der Waals surface area contributed by atoms with Crippen LogP contribution in [0.2, 0.25) is 0 Å². The number of amides is 2. The van der Waals surface area contributed by atoms with Gasteiger partial charge in [-0.2, -0.15) is 0 Å². The Balaban J connectivity index is 3.09. The molecular weight excluding hydrogens is 236 g/mol. The molecule has 96 valence electrons. The minimum Gasteiger partial charge on any atom is -0.478 e. The minimum atomic E-state index is -1.19. The fourth-order valence-corrected chi connectivity index (χ4v) is 1.54. The van der Waals surface area contributed by atoms with Gasteiger partial charge in [-0.1, -0.05) is 12.1 Å². The minimum absolute atomic E-state index is 0.0492. The Hall–Kier alpha value is -2.37. The number of hydrogen-bond donors (Lipinski definition) is 2. The van der Waals surface area contributed by atoms with Crippen LogP contribution in [0.1, 0.15) is 27.6 Å². The van der Waals surface area contributed by atoms with E-state index in [0.717, 1.165) is 0 Å². The number of hydrogen-bond acceptors (Lipinski definition) is 3. The van der Waals surface area contributed by atoms with E-state index in [1.54, 1.807) is 13.0 Å². The van der Waals surface area contributed by atoms with E-state index >= 15 is 0 Å². The van der Waals surface area contributed by atoms with Crippen LogP contribution in [-0.2, 0) is 4.79 Å². The van der Waals surface area contributed by atoms with Gasteiger partial charge in [0.1, 0.15) is 0 Å². The van der Waals surface area contributed by atoms with E-state index in [2.05, 4.69) is 0 Å². The molecule has 2 amide bonds. The Bertz CT molecular complexity index is 485. The van der Waals surface area contributed by atoms with Crippen molar-refractivity contribution in [3.05, 3.63) is 35.4 Å². The molecule has 0 atom stereocenters. The highest BCUT2D eigenvalue weighted by Crippen LogP contribution is 2.11. The van der Waals surface area contributed by atoms with Crippen LogP contribution in [0, 0.1) is 0 Å². The molecule has 0 spiro atoms. The van der Waals surface area contributed by atoms with Gasteiger partial charge in [0.25, 0.3) is 5.91 Å². The quantitative estimate of drug-likeness (QED) is 0.786. The first-order chi connectivity index (χ1) is 8.47. The largest absolute Gasteiger partial charge is 0.478 e. The Morgan fingerprint density at radius 1 is 1.22 bits per heavy atom. The summed E-state index contributed by atoms with van der Waals surface area (Å²) in [4.78, 5) is 35.1. The smallest absolute Gasteiger partial charge is 0.336 e. The van der Waals surface area contributed by atoms with Crippen LogP contribution in [0.25, 0.3) is 0 Å². The molecule has 0 aliphatic heterocycles. The lowest BCUT2D eigenvalue weighted by molar-refractivity contribution is -0.118. The number of likely N-dealkylation sites (N-methyl/N-ethyl adjacent to an activating group) is 1. The molecule has 18 heavy (non-hydrogen) atoms. The van der Waals surface area contributed by atoms with Gasteiger partial charge in [0.05, 0.1) is 17.7 Å². The van der Waals surface area contributed by atoms with Gasteiger partial charge in [-0.05, 0) is 19.1 Å². The van der Waals surface area contributed by atoms with E-state index in [9.17, 15) is 14.4 Å². The number of primary amides is 1. The van der Waals surface area contributed by atoms with Crippen molar-refractivity contribution in [2.24, 2.45) is 5.73 Å². The third-order valence-corrected chi connectivity index (χ3v) is 2.40. The molecule has 0 aromatic heterocycles. The number of carbonyl (C=O) groups is 3. The van der Waals surface area contributed by atoms with Gasteiger partial charge in [0, 0.05) is 6.54 Å². The van der Waals surface area contributed by atoms with E-state index in [1.807, 2.05) is 0 Å². The summed E-state index contributed by atoms with van der Waals surface area (Å²) in [5.74, 6) is -2.35. The van der Waals surface area contributed by atoms with Crippen molar-refractivity contribution in [1.82, 2.24) is 4.90 Å². The van der Waals surface area contributed by atoms with E-state index in [4.69, 9.17) is 10.8 Å². The van der Waals surface area contributed by atoms with E-state index in [-0.39, 0.29) is 24.2 Å². The first-order valence-corrected chi connectivity index (χ1v) is 5.37. The lowest BCUT2D eigenvalue weighted by Gasteiger charge is -2.19. The van der Waals surface area contributed by atoms with Crippen molar-refractivity contribution >= 4 is 17.8 Å². The molecule has 1 aromatic rings. The summed E-state index contributed by atoms with van der Waals surface area (Å²) in [7, 11) is 0. The molecule has 0 bridgehead atoms. The van der Waals surface area contributed by atoms with Gasteiger partial charge in [-0.3, -0.25) is 9.59 Å². The molecule has 0 aliphatic carbocycles. The lowest BCUT2D eigenvalue weighted by Crippen LogP contribution is -2.38. The van der Waals surface area contributed by atoms with Crippen molar-refractivity contribution in [2.75, 3.05) is 13.1 Å². The van der Waals surface area contributed by atoms with Crippen LogP contribution >= 0.6 is 0 Å². The molecule has 0 radical (unpaired) electrons. The highest BCUT2D eigenvalue weighted by Gasteiger charge is 2.21. The number of benzene rings is 1. The molecule has 0 aliphatic rings. The highest BCUT2D eigenvalue weighted by molar-refractivity contribution is 6.05. The molecular formula is C12H14N2O4. The van der Waals surface area contributed by atoms with E-state index < -0.39 is 17.8 Å². The van der Waals surface area contributed by atoms with Crippen LogP contribution in [0.3, 0.4) is 0 Å². The van der Waals surface area contributed by atoms with Gasteiger partial charge in [0.2, 0.25) is 5.91 Å². The van der Waals surface area contributed by atoms with Crippen LogP contribution < -0.4 is 5.73 Å². The van der Waals surface area contributed by atoms with Crippen LogP contribution in [0.15, 0.2) is 24.3 Å². The van der Waals surface area contributed by atoms with Crippen molar-refractivity contribution in [3.8, 4) is 0 Å². The van der Waals surface area contributed by atoms with Crippen molar-refractivity contribution in [2.45, 2.75) is 6.92 Å². The maximum Gasteiger partial charge on any atom is 0.336 e. The third-order valence-electron chi connectivity index (χ3n) is 2.40. The number of carboxylic acid groups (broad SMARTS) is 1. The molecule has 1 rings (SSSR count). The zero-order chi connectivity index (χ0) is 13.7. The van der Waals surface area contributed by atoms with Gasteiger partial charge in [-0.15, -0.1) is 0 Å². The summed E-state index contributed by atoms with van der Waals surface area (Å²) >= 11 is 0. The maximum absolute atomic E-state index is 12.1. The SMILES string of the molecule is CCN(CC(N)=O)C(=O)c1ccccc1C(=O)O. The zero-order valence-electron chi connectivity index (χ0n) is 9.92. The lowest BCUT2D eigenvalue weighted by atomic mass is 10.1. The second-order valence-electron chi connectivity index (χ2n) is 3.64. The van der Waals surface area contributed by atoms with E-state index in [0.29, 0.717) is 0 Å². The maximum atomic E-state index is 12.1. The molecule has 0 heterocycles. The fraction of sp³-hybridized carbons (Fsp3) is 0.250. The zero-order valence-corrected chi connectivity index (χ0v) is 9.92. The molecule has 0 saturated heterocycles. The van der Waals surface area contributed by atoms with Crippen molar-refractivity contribution in [3.63, 3.8) is 0 Å². The van der Waals surface area contributed by atoms with Crippen molar-refractivity contribution < 1.29 is 19.5 Å². The molecule has 0 fully saturated rings. The summed E-state index contributed by atoms with van der Waals surface area (Å²) in [6, 6.07) is 5.85. The summed E-state index contributed by atoms with van der Waals surface area (Å²) in [5, 5.41) is 8.99. The van der Waals surface area contributed by atoms with Crippen LogP contribution in [0.5, 0.6) is 0 Å². The van der Waals surface area contributed by atoms with Gasteiger partial charge in [0.15, 0.2) is 0 Å². The number of carbonyl (C=O) groups excluding carboxylic acids is 2. The molecule has 6 nitrogen and oxygen atoms in total. The summed E-state index contributed by atoms with van der Waals surface area (Å²) in [5.41, 5.74) is 4.99. The molecule has 1 aromatic carbocycles. The monoisotopic (exact) mass is 250 g/mol. The normalized spacial score (nSPS) is 9.83. The summed E-state index contributed by atoms with van der Waals surface area (Å²) in [6.07, 6.45) is 0. The standard InChI is InChI=1S/C12H14N2O4/c1-2-14(7-10(13)15)11(16)8-5-3-4-6-9(8)12(17)18/h3-6H,2,7H2,1H3,(H2,13,15)(H,17,18). The third kappa shape index (κ3) is 3.07. The first kappa shape index (κ1) is 13.7. The Morgan fingerprint density at radius 3 is 2.22 bits per heavy atom. The van der Waals surface area contributed by atoms with Gasteiger partial charge >= 0.3 is 5.97 Å². The average molecular weight is 250 g/mol. The average Bonchev–Trinajstić information content (AvgIpc) is 2.34. The fourth-order valence-electron chi connectivity index (χ4n) is 1.54. The second kappa shape index (κ2) is 5.81. The van der Waals surface area contributed by atoms with Crippen LogP contribution in [-0.4, -0.2) is 40.9 Å². The number of nitrogens with two attached hydrogens (primary N) is 1. The molecule has 0 saturated carbocycles. The Kier molecular flexibility index (Phi) is 4.42. The summed E-state index contributed by atoms with van der Waals surface area (Å²) < 4.78 is 0. The van der Waals surface area contributed by atoms with Crippen molar-refractivity contribution in [1.29, 1.82) is 0 Å².